The number of benzene rings is 1. The van der Waals surface area contributed by atoms with E-state index in [2.05, 4.69) is 63.2 Å². The molecule has 2 aliphatic rings. The highest BCUT2D eigenvalue weighted by Crippen LogP contribution is 2.51. The van der Waals surface area contributed by atoms with Crippen molar-refractivity contribution < 1.29 is 9.47 Å². The zero-order chi connectivity index (χ0) is 19.9. The van der Waals surface area contributed by atoms with Gasteiger partial charge in [-0.25, -0.2) is 4.98 Å². The highest BCUT2D eigenvalue weighted by molar-refractivity contribution is 7.15. The second-order valence-corrected chi connectivity index (χ2v) is 9.89. The molecule has 1 aromatic heterocycles. The van der Waals surface area contributed by atoms with E-state index in [1.807, 2.05) is 6.07 Å². The fourth-order valence-corrected chi connectivity index (χ4v) is 5.52. The quantitative estimate of drug-likeness (QED) is 0.673. The number of anilines is 1. The van der Waals surface area contributed by atoms with Gasteiger partial charge in [0.1, 0.15) is 0 Å². The number of ether oxygens (including phenoxy) is 2. The van der Waals surface area contributed by atoms with Gasteiger partial charge in [-0.3, -0.25) is 4.90 Å². The maximum absolute atomic E-state index is 5.57. The van der Waals surface area contributed by atoms with Gasteiger partial charge < -0.3 is 14.8 Å². The molecule has 4 rings (SSSR count). The minimum absolute atomic E-state index is 0.0253. The molecule has 2 aromatic rings. The molecule has 1 aliphatic carbocycles. The summed E-state index contributed by atoms with van der Waals surface area (Å²) in [6.07, 6.45) is 4.29. The molecule has 2 heterocycles. The summed E-state index contributed by atoms with van der Waals surface area (Å²) in [5.41, 5.74) is 1.39. The molecule has 1 saturated carbocycles. The molecule has 0 radical (unpaired) electrons. The molecule has 1 unspecified atom stereocenters. The van der Waals surface area contributed by atoms with E-state index in [0.29, 0.717) is 12.8 Å². The molecule has 5 nitrogen and oxygen atoms in total. The van der Waals surface area contributed by atoms with Crippen molar-refractivity contribution in [1.29, 1.82) is 0 Å². The monoisotopic (exact) mass is 401 g/mol. The van der Waals surface area contributed by atoms with Crippen molar-refractivity contribution in [3.8, 4) is 11.5 Å². The lowest BCUT2D eigenvalue weighted by Crippen LogP contribution is -2.36. The van der Waals surface area contributed by atoms with Crippen LogP contribution in [0.4, 0.5) is 5.13 Å². The van der Waals surface area contributed by atoms with Gasteiger partial charge in [0.15, 0.2) is 16.6 Å². The Hall–Kier alpha value is -1.79. The first-order valence-corrected chi connectivity index (χ1v) is 11.1. The standard InChI is InChI=1S/C22H31N3O2S/c1-6-25(7-2)19(21(3,4)5)18-13-23-20(28-18)24-22(10-11-22)15-8-9-16-17(12-15)27-14-26-16/h8-9,12-13,19H,6-7,10-11,14H2,1-5H3,(H,23,24). The van der Waals surface area contributed by atoms with E-state index in [9.17, 15) is 0 Å². The van der Waals surface area contributed by atoms with Crippen molar-refractivity contribution in [3.05, 3.63) is 34.8 Å². The van der Waals surface area contributed by atoms with Gasteiger partial charge in [-0.15, -0.1) is 11.3 Å². The van der Waals surface area contributed by atoms with Gasteiger partial charge >= 0.3 is 0 Å². The number of nitrogens with one attached hydrogen (secondary N) is 1. The van der Waals surface area contributed by atoms with Crippen LogP contribution in [0, 0.1) is 5.41 Å². The Kier molecular flexibility index (Phi) is 5.04. The molecule has 1 aromatic carbocycles. The van der Waals surface area contributed by atoms with Gasteiger partial charge in [0.05, 0.1) is 11.6 Å². The zero-order valence-corrected chi connectivity index (χ0v) is 18.4. The molecule has 152 valence electrons. The topological polar surface area (TPSA) is 46.6 Å². The highest BCUT2D eigenvalue weighted by Gasteiger charge is 2.46. The lowest BCUT2D eigenvalue weighted by atomic mass is 9.85. The molecular formula is C22H31N3O2S. The second-order valence-electron chi connectivity index (χ2n) is 8.83. The Bertz CT molecular complexity index is 835. The minimum Gasteiger partial charge on any atom is -0.454 e. The SMILES string of the molecule is CCN(CC)C(c1cnc(NC2(c3ccc4c(c3)OCO4)CC2)s1)C(C)(C)C. The average molecular weight is 402 g/mol. The summed E-state index contributed by atoms with van der Waals surface area (Å²) in [6.45, 7) is 13.8. The van der Waals surface area contributed by atoms with Gasteiger partial charge in [0.25, 0.3) is 0 Å². The molecule has 0 amide bonds. The van der Waals surface area contributed by atoms with Crippen LogP contribution in [-0.4, -0.2) is 29.8 Å². The van der Waals surface area contributed by atoms with Crippen molar-refractivity contribution in [2.24, 2.45) is 5.41 Å². The maximum Gasteiger partial charge on any atom is 0.231 e. The van der Waals surface area contributed by atoms with Gasteiger partial charge in [0, 0.05) is 11.1 Å². The zero-order valence-electron chi connectivity index (χ0n) is 17.5. The average Bonchev–Trinajstić information content (AvgIpc) is 3.07. The van der Waals surface area contributed by atoms with Crippen LogP contribution in [0.5, 0.6) is 11.5 Å². The normalized spacial score (nSPS) is 18.4. The lowest BCUT2D eigenvalue weighted by molar-refractivity contribution is 0.113. The predicted molar refractivity (Wildman–Crippen MR) is 114 cm³/mol. The largest absolute Gasteiger partial charge is 0.454 e. The Balaban J connectivity index is 1.56. The van der Waals surface area contributed by atoms with Crippen molar-refractivity contribution in [2.45, 2.75) is 59.0 Å². The number of hydrogen-bond donors (Lipinski definition) is 1. The smallest absolute Gasteiger partial charge is 0.231 e. The molecule has 0 saturated heterocycles. The number of fused-ring (bicyclic) bond motifs is 1. The van der Waals surface area contributed by atoms with Crippen LogP contribution in [0.15, 0.2) is 24.4 Å². The summed E-state index contributed by atoms with van der Waals surface area (Å²) >= 11 is 1.79. The first kappa shape index (κ1) is 19.5. The number of aromatic nitrogens is 1. The maximum atomic E-state index is 5.57. The van der Waals surface area contributed by atoms with Gasteiger partial charge in [0.2, 0.25) is 6.79 Å². The van der Waals surface area contributed by atoms with Crippen molar-refractivity contribution in [3.63, 3.8) is 0 Å². The molecule has 0 bridgehead atoms. The summed E-state index contributed by atoms with van der Waals surface area (Å²) < 4.78 is 11.0. The molecule has 6 heteroatoms. The fraction of sp³-hybridized carbons (Fsp3) is 0.591. The van der Waals surface area contributed by atoms with Crippen LogP contribution in [0.1, 0.15) is 63.9 Å². The summed E-state index contributed by atoms with van der Waals surface area (Å²) in [5, 5.41) is 4.74. The Morgan fingerprint density at radius 1 is 1.18 bits per heavy atom. The van der Waals surface area contributed by atoms with Gasteiger partial charge in [-0.1, -0.05) is 40.7 Å². The molecular weight excluding hydrogens is 370 g/mol. The van der Waals surface area contributed by atoms with Crippen molar-refractivity contribution in [1.82, 2.24) is 9.88 Å². The molecule has 28 heavy (non-hydrogen) atoms. The van der Waals surface area contributed by atoms with Crippen LogP contribution < -0.4 is 14.8 Å². The van der Waals surface area contributed by atoms with E-state index in [1.165, 1.54) is 10.4 Å². The summed E-state index contributed by atoms with van der Waals surface area (Å²) in [7, 11) is 0. The minimum atomic E-state index is -0.0253. The molecule has 1 fully saturated rings. The van der Waals surface area contributed by atoms with E-state index >= 15 is 0 Å². The molecule has 0 spiro atoms. The first-order chi connectivity index (χ1) is 13.4. The van der Waals surface area contributed by atoms with Gasteiger partial charge in [-0.2, -0.15) is 0 Å². The van der Waals surface area contributed by atoms with Crippen LogP contribution in [0.3, 0.4) is 0 Å². The third-order valence-corrected chi connectivity index (χ3v) is 6.78. The van der Waals surface area contributed by atoms with Gasteiger partial charge in [-0.05, 0) is 49.0 Å². The van der Waals surface area contributed by atoms with E-state index < -0.39 is 0 Å². The summed E-state index contributed by atoms with van der Waals surface area (Å²) in [5.74, 6) is 1.68. The molecule has 1 atom stereocenters. The second kappa shape index (κ2) is 7.23. The Morgan fingerprint density at radius 3 is 2.54 bits per heavy atom. The number of thiazole rings is 1. The van der Waals surface area contributed by atoms with Crippen molar-refractivity contribution >= 4 is 16.5 Å². The first-order valence-electron chi connectivity index (χ1n) is 10.2. The molecule has 1 N–H and O–H groups in total. The lowest BCUT2D eigenvalue weighted by Gasteiger charge is -2.38. The fourth-order valence-electron chi connectivity index (χ4n) is 4.22. The summed E-state index contributed by atoms with van der Waals surface area (Å²) in [6, 6.07) is 6.65. The van der Waals surface area contributed by atoms with Crippen LogP contribution in [0.25, 0.3) is 0 Å². The van der Waals surface area contributed by atoms with E-state index in [4.69, 9.17) is 14.5 Å². The van der Waals surface area contributed by atoms with Crippen molar-refractivity contribution in [2.75, 3.05) is 25.2 Å². The Morgan fingerprint density at radius 2 is 1.89 bits per heavy atom. The third kappa shape index (κ3) is 3.60. The predicted octanol–water partition coefficient (Wildman–Crippen LogP) is 5.40. The Labute approximate surface area is 172 Å². The third-order valence-electron chi connectivity index (χ3n) is 5.81. The summed E-state index contributed by atoms with van der Waals surface area (Å²) in [4.78, 5) is 8.61. The van der Waals surface area contributed by atoms with Crippen LogP contribution in [-0.2, 0) is 5.54 Å². The van der Waals surface area contributed by atoms with E-state index in [-0.39, 0.29) is 11.0 Å². The van der Waals surface area contributed by atoms with E-state index in [0.717, 1.165) is 42.6 Å². The number of hydrogen-bond acceptors (Lipinski definition) is 6. The number of rotatable bonds is 7. The van der Waals surface area contributed by atoms with Crippen LogP contribution in [0.2, 0.25) is 0 Å². The highest BCUT2D eigenvalue weighted by atomic mass is 32.1. The van der Waals surface area contributed by atoms with E-state index in [1.54, 1.807) is 11.3 Å². The molecule has 1 aliphatic heterocycles. The number of nitrogens with zero attached hydrogens (tertiary/aromatic N) is 2. The van der Waals surface area contributed by atoms with Crippen LogP contribution >= 0.6 is 11.3 Å².